The second kappa shape index (κ2) is 8.65. The third kappa shape index (κ3) is 3.85. The lowest BCUT2D eigenvalue weighted by atomic mass is 9.83. The molecule has 0 aromatic heterocycles. The molecule has 0 bridgehead atoms. The molecule has 7 heteroatoms. The molecule has 1 amide bonds. The Bertz CT molecular complexity index is 922. The SMILES string of the molecule is Cl.O=C(CCN1CCOCC1)Nc1cccc2c1C(=O)c1ccccc1C2=O. The van der Waals surface area contributed by atoms with E-state index in [1.54, 1.807) is 42.5 Å². The van der Waals surface area contributed by atoms with Gasteiger partial charge in [-0.2, -0.15) is 0 Å². The average molecular weight is 401 g/mol. The van der Waals surface area contributed by atoms with E-state index in [2.05, 4.69) is 10.2 Å². The number of hydrogen-bond donors (Lipinski definition) is 1. The number of carbonyl (C=O) groups is 3. The van der Waals surface area contributed by atoms with Crippen LogP contribution in [0.1, 0.15) is 38.3 Å². The topological polar surface area (TPSA) is 75.7 Å². The molecule has 2 aromatic carbocycles. The maximum Gasteiger partial charge on any atom is 0.225 e. The van der Waals surface area contributed by atoms with Crippen molar-refractivity contribution >= 4 is 35.6 Å². The van der Waals surface area contributed by atoms with E-state index in [1.165, 1.54) is 0 Å². The predicted molar refractivity (Wildman–Crippen MR) is 108 cm³/mol. The highest BCUT2D eigenvalue weighted by molar-refractivity contribution is 6.30. The first-order valence-electron chi connectivity index (χ1n) is 9.06. The van der Waals surface area contributed by atoms with E-state index in [4.69, 9.17) is 4.74 Å². The van der Waals surface area contributed by atoms with Gasteiger partial charge in [-0.3, -0.25) is 19.3 Å². The van der Waals surface area contributed by atoms with E-state index in [9.17, 15) is 14.4 Å². The number of rotatable bonds is 4. The highest BCUT2D eigenvalue weighted by Gasteiger charge is 2.31. The second-order valence-corrected chi connectivity index (χ2v) is 6.68. The summed E-state index contributed by atoms with van der Waals surface area (Å²) >= 11 is 0. The van der Waals surface area contributed by atoms with Gasteiger partial charge in [0.15, 0.2) is 11.6 Å². The van der Waals surface area contributed by atoms with Gasteiger partial charge in [0, 0.05) is 42.7 Å². The lowest BCUT2D eigenvalue weighted by Crippen LogP contribution is -2.38. The van der Waals surface area contributed by atoms with E-state index in [0.29, 0.717) is 48.6 Å². The van der Waals surface area contributed by atoms with Crippen molar-refractivity contribution in [2.75, 3.05) is 38.2 Å². The predicted octanol–water partition coefficient (Wildman–Crippen LogP) is 2.54. The molecule has 2 aliphatic rings. The first kappa shape index (κ1) is 20.2. The highest BCUT2D eigenvalue weighted by Crippen LogP contribution is 2.31. The molecule has 0 spiro atoms. The lowest BCUT2D eigenvalue weighted by molar-refractivity contribution is -0.116. The number of ketones is 2. The van der Waals surface area contributed by atoms with E-state index < -0.39 is 0 Å². The van der Waals surface area contributed by atoms with Crippen molar-refractivity contribution in [2.24, 2.45) is 0 Å². The summed E-state index contributed by atoms with van der Waals surface area (Å²) in [6, 6.07) is 11.8. The molecule has 1 aliphatic heterocycles. The Labute approximate surface area is 169 Å². The van der Waals surface area contributed by atoms with Crippen molar-refractivity contribution in [1.29, 1.82) is 0 Å². The summed E-state index contributed by atoms with van der Waals surface area (Å²) in [5, 5.41) is 2.82. The molecule has 146 valence electrons. The number of nitrogens with one attached hydrogen (secondary N) is 1. The Morgan fingerprint density at radius 1 is 0.929 bits per heavy atom. The minimum absolute atomic E-state index is 0. The number of carbonyl (C=O) groups excluding carboxylic acids is 3. The molecule has 1 aliphatic carbocycles. The van der Waals surface area contributed by atoms with Crippen LogP contribution in [0, 0.1) is 0 Å². The number of hydrogen-bond acceptors (Lipinski definition) is 5. The molecule has 1 fully saturated rings. The molecule has 1 N–H and O–H groups in total. The van der Waals surface area contributed by atoms with Gasteiger partial charge in [-0.15, -0.1) is 12.4 Å². The van der Waals surface area contributed by atoms with Gasteiger partial charge >= 0.3 is 0 Å². The van der Waals surface area contributed by atoms with Gasteiger partial charge in [0.2, 0.25) is 5.91 Å². The van der Waals surface area contributed by atoms with Gasteiger partial charge in [0.1, 0.15) is 0 Å². The fourth-order valence-electron chi connectivity index (χ4n) is 3.55. The van der Waals surface area contributed by atoms with Crippen LogP contribution in [0.25, 0.3) is 0 Å². The number of halogens is 1. The van der Waals surface area contributed by atoms with Crippen LogP contribution in [0.4, 0.5) is 5.69 Å². The van der Waals surface area contributed by atoms with Gasteiger partial charge in [0.05, 0.1) is 24.5 Å². The summed E-state index contributed by atoms with van der Waals surface area (Å²) in [6.07, 6.45) is 0.322. The molecule has 0 saturated carbocycles. The quantitative estimate of drug-likeness (QED) is 0.728. The van der Waals surface area contributed by atoms with Crippen LogP contribution in [-0.2, 0) is 9.53 Å². The summed E-state index contributed by atoms with van der Waals surface area (Å²) in [5.74, 6) is -0.595. The zero-order valence-corrected chi connectivity index (χ0v) is 16.1. The Kier molecular flexibility index (Phi) is 6.24. The Balaban J connectivity index is 0.00000225. The monoisotopic (exact) mass is 400 g/mol. The smallest absolute Gasteiger partial charge is 0.225 e. The summed E-state index contributed by atoms with van der Waals surface area (Å²) in [6.45, 7) is 3.64. The Morgan fingerprint density at radius 2 is 1.57 bits per heavy atom. The third-order valence-corrected chi connectivity index (χ3v) is 4.99. The molecule has 6 nitrogen and oxygen atoms in total. The van der Waals surface area contributed by atoms with Crippen molar-refractivity contribution in [3.05, 3.63) is 64.7 Å². The normalized spacial score (nSPS) is 16.0. The van der Waals surface area contributed by atoms with Crippen LogP contribution in [-0.4, -0.2) is 55.2 Å². The van der Waals surface area contributed by atoms with E-state index in [-0.39, 0.29) is 35.4 Å². The molecule has 2 aromatic rings. The van der Waals surface area contributed by atoms with Gasteiger partial charge in [-0.1, -0.05) is 36.4 Å². The largest absolute Gasteiger partial charge is 0.379 e. The zero-order valence-electron chi connectivity index (χ0n) is 15.3. The van der Waals surface area contributed by atoms with Crippen LogP contribution in [0.3, 0.4) is 0 Å². The average Bonchev–Trinajstić information content (AvgIpc) is 2.71. The maximum atomic E-state index is 12.9. The van der Waals surface area contributed by atoms with Crippen molar-refractivity contribution in [3.8, 4) is 0 Å². The van der Waals surface area contributed by atoms with Gasteiger partial charge in [-0.05, 0) is 6.07 Å². The maximum absolute atomic E-state index is 12.9. The molecular weight excluding hydrogens is 380 g/mol. The molecular formula is C21H21ClN2O4. The number of morpholine rings is 1. The van der Waals surface area contributed by atoms with E-state index in [0.717, 1.165) is 13.1 Å². The number of amides is 1. The van der Waals surface area contributed by atoms with Crippen molar-refractivity contribution in [3.63, 3.8) is 0 Å². The molecule has 1 saturated heterocycles. The fourth-order valence-corrected chi connectivity index (χ4v) is 3.55. The number of anilines is 1. The molecule has 0 atom stereocenters. The fraction of sp³-hybridized carbons (Fsp3) is 0.286. The van der Waals surface area contributed by atoms with E-state index >= 15 is 0 Å². The number of benzene rings is 2. The lowest BCUT2D eigenvalue weighted by Gasteiger charge is -2.26. The van der Waals surface area contributed by atoms with Crippen LogP contribution in [0.15, 0.2) is 42.5 Å². The zero-order chi connectivity index (χ0) is 18.8. The van der Waals surface area contributed by atoms with Crippen LogP contribution >= 0.6 is 12.4 Å². The summed E-state index contributed by atoms with van der Waals surface area (Å²) < 4.78 is 5.30. The van der Waals surface area contributed by atoms with Crippen molar-refractivity contribution < 1.29 is 19.1 Å². The number of ether oxygens (including phenoxy) is 1. The second-order valence-electron chi connectivity index (χ2n) is 6.68. The Morgan fingerprint density at radius 3 is 2.29 bits per heavy atom. The van der Waals surface area contributed by atoms with Crippen LogP contribution in [0.2, 0.25) is 0 Å². The summed E-state index contributed by atoms with van der Waals surface area (Å²) in [5.41, 5.74) is 1.80. The van der Waals surface area contributed by atoms with Gasteiger partial charge < -0.3 is 10.1 Å². The summed E-state index contributed by atoms with van der Waals surface area (Å²) in [4.78, 5) is 40.3. The Hall–Kier alpha value is -2.54. The third-order valence-electron chi connectivity index (χ3n) is 4.99. The van der Waals surface area contributed by atoms with Crippen LogP contribution < -0.4 is 5.32 Å². The van der Waals surface area contributed by atoms with Gasteiger partial charge in [-0.25, -0.2) is 0 Å². The first-order valence-corrected chi connectivity index (χ1v) is 9.06. The first-order chi connectivity index (χ1) is 13.1. The molecule has 4 rings (SSSR count). The number of fused-ring (bicyclic) bond motifs is 2. The van der Waals surface area contributed by atoms with Crippen LogP contribution in [0.5, 0.6) is 0 Å². The van der Waals surface area contributed by atoms with Crippen molar-refractivity contribution in [1.82, 2.24) is 4.90 Å². The van der Waals surface area contributed by atoms with Gasteiger partial charge in [0.25, 0.3) is 0 Å². The molecule has 0 unspecified atom stereocenters. The number of nitrogens with zero attached hydrogens (tertiary/aromatic N) is 1. The minimum atomic E-state index is -0.232. The molecule has 1 heterocycles. The molecule has 28 heavy (non-hydrogen) atoms. The summed E-state index contributed by atoms with van der Waals surface area (Å²) in [7, 11) is 0. The highest BCUT2D eigenvalue weighted by atomic mass is 35.5. The molecule has 0 radical (unpaired) electrons. The minimum Gasteiger partial charge on any atom is -0.379 e. The standard InChI is InChI=1S/C21H20N2O4.ClH/c24-18(8-9-23-10-12-27-13-11-23)22-17-7-3-6-16-19(17)21(26)15-5-2-1-4-14(15)20(16)25;/h1-7H,8-13H2,(H,22,24);1H. The van der Waals surface area contributed by atoms with E-state index in [1.807, 2.05) is 0 Å². The van der Waals surface area contributed by atoms with Crippen molar-refractivity contribution in [2.45, 2.75) is 6.42 Å².